The van der Waals surface area contributed by atoms with Crippen LogP contribution in [0.3, 0.4) is 0 Å². The molecule has 2 N–H and O–H groups in total. The van der Waals surface area contributed by atoms with E-state index in [2.05, 4.69) is 15.2 Å². The molecule has 2 aromatic heterocycles. The van der Waals surface area contributed by atoms with Crippen LogP contribution in [-0.4, -0.2) is 93.2 Å². The molecule has 0 bridgehead atoms. The molecule has 1 atom stereocenters. The number of hydrogen-bond donors (Lipinski definition) is 2. The third kappa shape index (κ3) is 4.78. The quantitative estimate of drug-likeness (QED) is 0.605. The van der Waals surface area contributed by atoms with Crippen LogP contribution in [0.15, 0.2) is 30.6 Å². The van der Waals surface area contributed by atoms with Crippen molar-refractivity contribution in [3.05, 3.63) is 36.2 Å². The highest BCUT2D eigenvalue weighted by atomic mass is 32.1. The number of nitrogens with zero attached hydrogens (tertiary/aromatic N) is 4. The average Bonchev–Trinajstić information content (AvgIpc) is 3.41. The van der Waals surface area contributed by atoms with Crippen molar-refractivity contribution >= 4 is 40.3 Å². The lowest BCUT2D eigenvalue weighted by atomic mass is 9.89. The number of imide groups is 1. The van der Waals surface area contributed by atoms with Gasteiger partial charge in [0, 0.05) is 55.1 Å². The molecule has 196 valence electrons. The number of carboxylic acid groups (broad SMARTS) is 1. The Hall–Kier alpha value is -3.51. The van der Waals surface area contributed by atoms with Gasteiger partial charge in [-0.1, -0.05) is 6.07 Å². The summed E-state index contributed by atoms with van der Waals surface area (Å²) in [7, 11) is 0. The van der Waals surface area contributed by atoms with Crippen LogP contribution >= 0.6 is 11.3 Å². The standard InChI is InChI=1S/C25H29N5O6S/c1-2-30-22(32)25(36-24(30)35)8-4-10-29(15-25)17-6-11-28(12-7-17)21(31)18-13-19(16-5-3-9-26-14-16)37-20(18)27-23(33)34/h3,5,9,13-14,17,27H,2,4,6-8,10-12,15H2,1H3,(H,33,34). The number of thiophene rings is 1. The number of pyridine rings is 1. The summed E-state index contributed by atoms with van der Waals surface area (Å²) < 4.78 is 5.60. The predicted molar refractivity (Wildman–Crippen MR) is 136 cm³/mol. The fourth-order valence-electron chi connectivity index (χ4n) is 5.49. The maximum absolute atomic E-state index is 13.4. The molecule has 0 aliphatic carbocycles. The Morgan fingerprint density at radius 3 is 2.70 bits per heavy atom. The second-order valence-electron chi connectivity index (χ2n) is 9.53. The van der Waals surface area contributed by atoms with Gasteiger partial charge in [0.05, 0.1) is 5.56 Å². The third-order valence-electron chi connectivity index (χ3n) is 7.34. The summed E-state index contributed by atoms with van der Waals surface area (Å²) in [5, 5.41) is 12.0. The molecule has 3 saturated heterocycles. The molecule has 0 aromatic carbocycles. The summed E-state index contributed by atoms with van der Waals surface area (Å²) in [6.45, 7) is 4.25. The summed E-state index contributed by atoms with van der Waals surface area (Å²) in [6.07, 6.45) is 4.24. The number of likely N-dealkylation sites (tertiary alicyclic amines) is 2. The number of likely N-dealkylation sites (N-methyl/N-ethyl adjacent to an activating group) is 1. The number of hydrogen-bond acceptors (Lipinski definition) is 8. The molecular weight excluding hydrogens is 498 g/mol. The first-order valence-electron chi connectivity index (χ1n) is 12.4. The minimum Gasteiger partial charge on any atom is -0.465 e. The van der Waals surface area contributed by atoms with Crippen LogP contribution in [0.4, 0.5) is 14.6 Å². The van der Waals surface area contributed by atoms with Gasteiger partial charge in [-0.2, -0.15) is 0 Å². The van der Waals surface area contributed by atoms with E-state index in [1.807, 2.05) is 6.07 Å². The van der Waals surface area contributed by atoms with Gasteiger partial charge in [0.2, 0.25) is 5.60 Å². The van der Waals surface area contributed by atoms with Gasteiger partial charge in [0.1, 0.15) is 5.00 Å². The predicted octanol–water partition coefficient (Wildman–Crippen LogP) is 3.34. The van der Waals surface area contributed by atoms with E-state index < -0.39 is 17.8 Å². The first-order valence-corrected chi connectivity index (χ1v) is 13.3. The number of aromatic nitrogens is 1. The second-order valence-corrected chi connectivity index (χ2v) is 10.6. The van der Waals surface area contributed by atoms with Crippen molar-refractivity contribution in [1.29, 1.82) is 0 Å². The van der Waals surface area contributed by atoms with Crippen molar-refractivity contribution in [2.45, 2.75) is 44.2 Å². The number of rotatable bonds is 5. The fraction of sp³-hybridized carbons (Fsp3) is 0.480. The number of piperidine rings is 2. The van der Waals surface area contributed by atoms with Crippen LogP contribution in [0.5, 0.6) is 0 Å². The highest BCUT2D eigenvalue weighted by molar-refractivity contribution is 7.20. The van der Waals surface area contributed by atoms with Crippen molar-refractivity contribution in [2.24, 2.45) is 0 Å². The maximum Gasteiger partial charge on any atom is 0.417 e. The Balaban J connectivity index is 1.26. The summed E-state index contributed by atoms with van der Waals surface area (Å²) in [4.78, 5) is 59.9. The lowest BCUT2D eigenvalue weighted by Crippen LogP contribution is -2.57. The zero-order valence-corrected chi connectivity index (χ0v) is 21.3. The summed E-state index contributed by atoms with van der Waals surface area (Å²) in [5.74, 6) is -0.472. The summed E-state index contributed by atoms with van der Waals surface area (Å²) in [6, 6.07) is 5.53. The lowest BCUT2D eigenvalue weighted by Gasteiger charge is -2.44. The Morgan fingerprint density at radius 1 is 1.27 bits per heavy atom. The fourth-order valence-corrected chi connectivity index (χ4v) is 6.52. The number of carbonyl (C=O) groups is 4. The number of carbonyl (C=O) groups excluding carboxylic acids is 3. The molecule has 3 fully saturated rings. The molecule has 3 aliphatic rings. The van der Waals surface area contributed by atoms with Gasteiger partial charge in [-0.15, -0.1) is 11.3 Å². The van der Waals surface area contributed by atoms with Gasteiger partial charge in [0.15, 0.2) is 0 Å². The van der Waals surface area contributed by atoms with E-state index in [-0.39, 0.29) is 17.9 Å². The molecule has 5 rings (SSSR count). The SMILES string of the molecule is CCN1C(=O)OC2(CCCN(C3CCN(C(=O)c4cc(-c5cccnc5)sc4NC(=O)O)CC3)C2)C1=O. The average molecular weight is 528 g/mol. The summed E-state index contributed by atoms with van der Waals surface area (Å²) >= 11 is 1.20. The molecule has 5 heterocycles. The van der Waals surface area contributed by atoms with Crippen molar-refractivity contribution in [3.8, 4) is 10.4 Å². The largest absolute Gasteiger partial charge is 0.465 e. The highest BCUT2D eigenvalue weighted by Crippen LogP contribution is 2.38. The number of anilines is 1. The van der Waals surface area contributed by atoms with Crippen LogP contribution in [0, 0.1) is 0 Å². The smallest absolute Gasteiger partial charge is 0.417 e. The van der Waals surface area contributed by atoms with E-state index in [9.17, 15) is 24.3 Å². The second kappa shape index (κ2) is 10.1. The molecule has 11 nitrogen and oxygen atoms in total. The molecule has 0 saturated carbocycles. The summed E-state index contributed by atoms with van der Waals surface area (Å²) in [5.41, 5.74) is 0.0287. The van der Waals surface area contributed by atoms with Crippen molar-refractivity contribution in [1.82, 2.24) is 19.7 Å². The van der Waals surface area contributed by atoms with Gasteiger partial charge in [-0.05, 0) is 51.3 Å². The molecule has 3 aliphatic heterocycles. The van der Waals surface area contributed by atoms with Gasteiger partial charge in [-0.25, -0.2) is 14.5 Å². The van der Waals surface area contributed by atoms with Crippen molar-refractivity contribution in [2.75, 3.05) is 38.0 Å². The van der Waals surface area contributed by atoms with Crippen molar-refractivity contribution < 1.29 is 29.0 Å². The van der Waals surface area contributed by atoms with E-state index >= 15 is 0 Å². The zero-order valence-electron chi connectivity index (χ0n) is 20.5. The molecule has 37 heavy (non-hydrogen) atoms. The van der Waals surface area contributed by atoms with Crippen LogP contribution in [-0.2, 0) is 9.53 Å². The van der Waals surface area contributed by atoms with E-state index in [0.29, 0.717) is 56.0 Å². The Kier molecular flexibility index (Phi) is 6.86. The Morgan fingerprint density at radius 2 is 2.05 bits per heavy atom. The first kappa shape index (κ1) is 25.2. The van der Waals surface area contributed by atoms with Crippen LogP contribution in [0.25, 0.3) is 10.4 Å². The van der Waals surface area contributed by atoms with E-state index in [1.54, 1.807) is 36.4 Å². The molecule has 1 spiro atoms. The molecule has 2 aromatic rings. The van der Waals surface area contributed by atoms with Crippen molar-refractivity contribution in [3.63, 3.8) is 0 Å². The van der Waals surface area contributed by atoms with Gasteiger partial charge in [0.25, 0.3) is 11.8 Å². The topological polar surface area (TPSA) is 132 Å². The molecular formula is C25H29N5O6S. The normalized spacial score (nSPS) is 22.9. The van der Waals surface area contributed by atoms with E-state index in [1.165, 1.54) is 16.2 Å². The van der Waals surface area contributed by atoms with E-state index in [4.69, 9.17) is 4.74 Å². The number of ether oxygens (including phenoxy) is 1. The Bertz CT molecular complexity index is 1210. The third-order valence-corrected chi connectivity index (χ3v) is 8.44. The van der Waals surface area contributed by atoms with Crippen LogP contribution in [0.1, 0.15) is 43.0 Å². The molecule has 0 radical (unpaired) electrons. The van der Waals surface area contributed by atoms with Crippen LogP contribution < -0.4 is 5.32 Å². The Labute approximate surface area is 218 Å². The number of amides is 4. The van der Waals surface area contributed by atoms with Gasteiger partial charge in [-0.3, -0.25) is 24.8 Å². The molecule has 4 amide bonds. The highest BCUT2D eigenvalue weighted by Gasteiger charge is 2.55. The zero-order chi connectivity index (χ0) is 26.2. The number of nitrogens with one attached hydrogen (secondary N) is 1. The van der Waals surface area contributed by atoms with Gasteiger partial charge < -0.3 is 14.7 Å². The monoisotopic (exact) mass is 527 g/mol. The maximum atomic E-state index is 13.4. The minimum atomic E-state index is -1.23. The lowest BCUT2D eigenvalue weighted by molar-refractivity contribution is -0.142. The minimum absolute atomic E-state index is 0.161. The van der Waals surface area contributed by atoms with Gasteiger partial charge >= 0.3 is 12.2 Å². The molecule has 12 heteroatoms. The van der Waals surface area contributed by atoms with Crippen LogP contribution in [0.2, 0.25) is 0 Å². The van der Waals surface area contributed by atoms with E-state index in [0.717, 1.165) is 23.4 Å². The first-order chi connectivity index (χ1) is 17.8. The molecule has 1 unspecified atom stereocenters.